The summed E-state index contributed by atoms with van der Waals surface area (Å²) in [6.07, 6.45) is 0. The van der Waals surface area contributed by atoms with Crippen LogP contribution in [0.2, 0.25) is 0 Å². The second-order valence-electron chi connectivity index (χ2n) is 9.66. The normalized spacial score (nSPS) is 11.2. The maximum absolute atomic E-state index is 14.1. The number of nitrogen functional groups attached to an aromatic ring is 1. The zero-order chi connectivity index (χ0) is 28.7. The van der Waals surface area contributed by atoms with Crippen LogP contribution >= 0.6 is 0 Å². The molecule has 2 heterocycles. The van der Waals surface area contributed by atoms with Crippen LogP contribution in [0.4, 0.5) is 5.82 Å². The van der Waals surface area contributed by atoms with Crippen molar-refractivity contribution >= 4 is 27.6 Å². The zero-order valence-corrected chi connectivity index (χ0v) is 22.8. The third-order valence-electron chi connectivity index (χ3n) is 7.09. The average molecular weight is 549 g/mol. The minimum atomic E-state index is -0.332. The van der Waals surface area contributed by atoms with E-state index in [1.807, 2.05) is 79.7 Å². The van der Waals surface area contributed by atoms with Crippen molar-refractivity contribution in [3.8, 4) is 34.4 Å². The van der Waals surface area contributed by atoms with Gasteiger partial charge in [-0.3, -0.25) is 4.79 Å². The lowest BCUT2D eigenvalue weighted by Crippen LogP contribution is -2.22. The number of aryl methyl sites for hydroxylation is 1. The van der Waals surface area contributed by atoms with Crippen LogP contribution in [0.25, 0.3) is 27.5 Å². The first-order chi connectivity index (χ1) is 19.9. The molecule has 6 aromatic rings. The zero-order valence-electron chi connectivity index (χ0n) is 22.8. The number of rotatable bonds is 7. The number of pyridine rings is 1. The predicted octanol–water partition coefficient (Wildman–Crippen LogP) is 5.79. The van der Waals surface area contributed by atoms with Crippen molar-refractivity contribution in [3.63, 3.8) is 0 Å². The molecule has 9 nitrogen and oxygen atoms in total. The number of nitrogens with two attached hydrogens (primary N) is 1. The molecule has 0 amide bonds. The fourth-order valence-corrected chi connectivity index (χ4v) is 5.03. The molecule has 0 spiro atoms. The van der Waals surface area contributed by atoms with E-state index in [1.165, 1.54) is 17.9 Å². The third kappa shape index (κ3) is 4.57. The number of aromatic hydroxyl groups is 1. The Balaban J connectivity index is 1.53. The number of fused-ring (bicyclic) bond motifs is 3. The van der Waals surface area contributed by atoms with Crippen LogP contribution in [0.15, 0.2) is 89.7 Å². The van der Waals surface area contributed by atoms with Crippen molar-refractivity contribution in [2.24, 2.45) is 0 Å². The lowest BCUT2D eigenvalue weighted by atomic mass is 10.1. The first kappa shape index (κ1) is 25.8. The van der Waals surface area contributed by atoms with Gasteiger partial charge in [0.1, 0.15) is 45.5 Å². The second-order valence-corrected chi connectivity index (χ2v) is 9.66. The molecule has 0 aliphatic rings. The highest BCUT2D eigenvalue weighted by Crippen LogP contribution is 2.37. The van der Waals surface area contributed by atoms with Gasteiger partial charge < -0.3 is 29.6 Å². The van der Waals surface area contributed by atoms with Gasteiger partial charge in [0.05, 0.1) is 37.4 Å². The van der Waals surface area contributed by atoms with E-state index >= 15 is 0 Å². The number of aromatic nitrogens is 3. The van der Waals surface area contributed by atoms with E-state index in [4.69, 9.17) is 25.0 Å². The van der Waals surface area contributed by atoms with Crippen molar-refractivity contribution in [1.82, 2.24) is 14.3 Å². The van der Waals surface area contributed by atoms with E-state index in [0.29, 0.717) is 39.4 Å². The van der Waals surface area contributed by atoms with Gasteiger partial charge in [-0.05, 0) is 60.5 Å². The number of ether oxygens (including phenoxy) is 3. The molecule has 206 valence electrons. The predicted molar refractivity (Wildman–Crippen MR) is 159 cm³/mol. The van der Waals surface area contributed by atoms with Gasteiger partial charge in [-0.25, -0.2) is 4.68 Å². The van der Waals surface area contributed by atoms with Crippen molar-refractivity contribution < 1.29 is 19.3 Å². The first-order valence-corrected chi connectivity index (χ1v) is 13.0. The number of phenols is 1. The summed E-state index contributed by atoms with van der Waals surface area (Å²) in [7, 11) is 3.10. The molecule has 0 saturated carbocycles. The standard InChI is InChI=1S/C32H28N4O5/c1-19-15-23(41-22-7-5-4-6-8-22)13-14-25(19)36-31(33)29-30(34-36)28-26(16-24(40-3)17-27(28)37)35(32(29)38)18-20-9-11-21(39-2)12-10-20/h4-17,37H,18,33H2,1-3H3. The maximum Gasteiger partial charge on any atom is 0.264 e. The Morgan fingerprint density at radius 2 is 1.54 bits per heavy atom. The van der Waals surface area contributed by atoms with E-state index < -0.39 is 0 Å². The lowest BCUT2D eigenvalue weighted by molar-refractivity contribution is 0.409. The van der Waals surface area contributed by atoms with Crippen LogP contribution in [-0.4, -0.2) is 33.7 Å². The molecule has 0 radical (unpaired) electrons. The van der Waals surface area contributed by atoms with Gasteiger partial charge in [-0.1, -0.05) is 30.3 Å². The topological polar surface area (TPSA) is 114 Å². The highest BCUT2D eigenvalue weighted by atomic mass is 16.5. The number of methoxy groups -OCH3 is 2. The fraction of sp³-hybridized carbons (Fsp3) is 0.125. The number of hydrogen-bond donors (Lipinski definition) is 2. The Hall–Kier alpha value is -5.44. The van der Waals surface area contributed by atoms with Crippen molar-refractivity contribution in [3.05, 3.63) is 106 Å². The average Bonchev–Trinajstić information content (AvgIpc) is 3.32. The summed E-state index contributed by atoms with van der Waals surface area (Å²) in [6.45, 7) is 2.15. The van der Waals surface area contributed by atoms with Crippen molar-refractivity contribution in [2.75, 3.05) is 20.0 Å². The fourth-order valence-electron chi connectivity index (χ4n) is 5.03. The van der Waals surface area contributed by atoms with Crippen molar-refractivity contribution in [2.45, 2.75) is 13.5 Å². The highest BCUT2D eigenvalue weighted by molar-refractivity contribution is 6.10. The van der Waals surface area contributed by atoms with Crippen molar-refractivity contribution in [1.29, 1.82) is 0 Å². The molecule has 0 unspecified atom stereocenters. The monoisotopic (exact) mass is 548 g/mol. The molecule has 0 fully saturated rings. The summed E-state index contributed by atoms with van der Waals surface area (Å²) < 4.78 is 19.8. The number of benzene rings is 4. The van der Waals surface area contributed by atoms with Crippen LogP contribution in [0, 0.1) is 6.92 Å². The molecule has 2 aromatic heterocycles. The van der Waals surface area contributed by atoms with E-state index in [-0.39, 0.29) is 29.1 Å². The quantitative estimate of drug-likeness (QED) is 0.259. The highest BCUT2D eigenvalue weighted by Gasteiger charge is 2.23. The minimum absolute atomic E-state index is 0.0687. The van der Waals surface area contributed by atoms with E-state index in [2.05, 4.69) is 0 Å². The third-order valence-corrected chi connectivity index (χ3v) is 7.09. The van der Waals surface area contributed by atoms with Crippen LogP contribution in [0.3, 0.4) is 0 Å². The van der Waals surface area contributed by atoms with Gasteiger partial charge in [-0.2, -0.15) is 5.10 Å². The van der Waals surface area contributed by atoms with Gasteiger partial charge in [0.15, 0.2) is 0 Å². The second kappa shape index (κ2) is 10.3. The molecule has 0 bridgehead atoms. The summed E-state index contributed by atoms with van der Waals surface area (Å²) >= 11 is 0. The van der Waals surface area contributed by atoms with E-state index in [0.717, 1.165) is 16.9 Å². The lowest BCUT2D eigenvalue weighted by Gasteiger charge is -2.14. The van der Waals surface area contributed by atoms with Crippen LogP contribution in [0.1, 0.15) is 11.1 Å². The number of phenolic OH excluding ortho intramolecular Hbond substituents is 1. The Morgan fingerprint density at radius 1 is 0.829 bits per heavy atom. The molecule has 41 heavy (non-hydrogen) atoms. The Labute approximate surface area is 235 Å². The van der Waals surface area contributed by atoms with E-state index in [9.17, 15) is 9.90 Å². The van der Waals surface area contributed by atoms with Gasteiger partial charge in [0.2, 0.25) is 0 Å². The maximum atomic E-state index is 14.1. The van der Waals surface area contributed by atoms with Gasteiger partial charge >= 0.3 is 0 Å². The number of hydrogen-bond acceptors (Lipinski definition) is 7. The smallest absolute Gasteiger partial charge is 0.264 e. The molecular formula is C32H28N4O5. The van der Waals surface area contributed by atoms with Crippen LogP contribution in [0.5, 0.6) is 28.7 Å². The molecule has 0 aliphatic heterocycles. The first-order valence-electron chi connectivity index (χ1n) is 13.0. The summed E-state index contributed by atoms with van der Waals surface area (Å²) in [5, 5.41) is 16.5. The summed E-state index contributed by atoms with van der Waals surface area (Å²) in [4.78, 5) is 14.1. The molecule has 9 heteroatoms. The van der Waals surface area contributed by atoms with E-state index in [1.54, 1.807) is 17.7 Å². The van der Waals surface area contributed by atoms with Gasteiger partial charge in [0.25, 0.3) is 5.56 Å². The van der Waals surface area contributed by atoms with Crippen LogP contribution in [-0.2, 0) is 6.54 Å². The number of para-hydroxylation sites is 1. The summed E-state index contributed by atoms with van der Waals surface area (Å²) in [5.74, 6) is 2.60. The SMILES string of the molecule is COc1ccc(Cn2c(=O)c3c(N)n(-c4ccc(Oc5ccccc5)cc4C)nc3c3c(O)cc(OC)cc32)cc1. The minimum Gasteiger partial charge on any atom is -0.507 e. The van der Waals surface area contributed by atoms with Gasteiger partial charge in [-0.15, -0.1) is 0 Å². The Kier molecular flexibility index (Phi) is 6.47. The Bertz CT molecular complexity index is 1960. The number of nitrogens with zero attached hydrogens (tertiary/aromatic N) is 3. The summed E-state index contributed by atoms with van der Waals surface area (Å²) in [6, 6.07) is 25.7. The molecule has 0 saturated heterocycles. The van der Waals surface area contributed by atoms with Gasteiger partial charge in [0, 0.05) is 12.1 Å². The molecule has 4 aromatic carbocycles. The largest absolute Gasteiger partial charge is 0.507 e. The molecule has 0 aliphatic carbocycles. The molecule has 0 atom stereocenters. The molecule has 6 rings (SSSR count). The molecule has 3 N–H and O–H groups in total. The Morgan fingerprint density at radius 3 is 2.22 bits per heavy atom. The van der Waals surface area contributed by atoms with Crippen LogP contribution < -0.4 is 25.5 Å². The molecular weight excluding hydrogens is 520 g/mol. The number of anilines is 1. The summed E-state index contributed by atoms with van der Waals surface area (Å²) in [5.41, 5.74) is 9.47.